The molecule has 0 saturated carbocycles. The fourth-order valence-corrected chi connectivity index (χ4v) is 4.40. The van der Waals surface area contributed by atoms with Gasteiger partial charge in [0, 0.05) is 18.5 Å². The van der Waals surface area contributed by atoms with E-state index in [1.54, 1.807) is 10.2 Å². The van der Waals surface area contributed by atoms with Crippen LogP contribution in [-0.4, -0.2) is 52.6 Å². The van der Waals surface area contributed by atoms with Crippen molar-refractivity contribution in [3.8, 4) is 0 Å². The molecule has 5 nitrogen and oxygen atoms in total. The first-order chi connectivity index (χ1) is 13.0. The van der Waals surface area contributed by atoms with E-state index in [9.17, 15) is 31.5 Å². The number of rotatable bonds is 5. The number of amides is 1. The fourth-order valence-electron chi connectivity index (χ4n) is 4.08. The summed E-state index contributed by atoms with van der Waals surface area (Å²) in [7, 11) is 0. The van der Waals surface area contributed by atoms with Gasteiger partial charge in [-0.2, -0.15) is 8.78 Å². The molecule has 2 N–H and O–H groups in total. The summed E-state index contributed by atoms with van der Waals surface area (Å²) >= 11 is 2.54. The molecule has 0 aliphatic carbocycles. The number of hydrogen-bond donors (Lipinski definition) is 2. The number of nitrogens with zero attached hydrogens (tertiary/aromatic N) is 1. The molecule has 0 bridgehead atoms. The van der Waals surface area contributed by atoms with Gasteiger partial charge in [0.05, 0.1) is 15.7 Å². The molecule has 1 aromatic rings. The standard InChI is InChI=1S/C17H16BrF5N2O3/c18-11-10(20)4-9(14(26)27)13(12(11)21)24-15(28)17(22,23)7-16-2-1-3-25(16)6-8(19)5-16/h4,8H,1-3,5-7H2,(H,24,28)(H,26,27)/t8-,16+/m1/s1. The van der Waals surface area contributed by atoms with E-state index in [-0.39, 0.29) is 13.0 Å². The maximum Gasteiger partial charge on any atom is 0.338 e. The largest absolute Gasteiger partial charge is 0.478 e. The van der Waals surface area contributed by atoms with Crippen molar-refractivity contribution in [2.75, 3.05) is 18.4 Å². The molecule has 2 fully saturated rings. The van der Waals surface area contributed by atoms with Crippen LogP contribution in [0.4, 0.5) is 27.6 Å². The van der Waals surface area contributed by atoms with E-state index < -0.39 is 63.3 Å². The Labute approximate surface area is 165 Å². The van der Waals surface area contributed by atoms with E-state index in [1.807, 2.05) is 0 Å². The third kappa shape index (κ3) is 3.61. The molecule has 11 heteroatoms. The van der Waals surface area contributed by atoms with Crippen LogP contribution in [0.1, 0.15) is 36.0 Å². The van der Waals surface area contributed by atoms with Crippen molar-refractivity contribution in [2.24, 2.45) is 0 Å². The zero-order chi connectivity index (χ0) is 20.9. The molecule has 2 heterocycles. The minimum Gasteiger partial charge on any atom is -0.478 e. The van der Waals surface area contributed by atoms with Gasteiger partial charge in [0.1, 0.15) is 12.0 Å². The Hall–Kier alpha value is -1.75. The normalized spacial score (nSPS) is 25.0. The number of nitrogens with one attached hydrogen (secondary N) is 1. The van der Waals surface area contributed by atoms with Gasteiger partial charge in [0.15, 0.2) is 5.82 Å². The predicted octanol–water partition coefficient (Wildman–Crippen LogP) is 3.97. The monoisotopic (exact) mass is 470 g/mol. The summed E-state index contributed by atoms with van der Waals surface area (Å²) in [4.78, 5) is 25.0. The van der Waals surface area contributed by atoms with E-state index in [2.05, 4.69) is 15.9 Å². The fraction of sp³-hybridized carbons (Fsp3) is 0.529. The van der Waals surface area contributed by atoms with Crippen LogP contribution in [-0.2, 0) is 4.79 Å². The molecule has 28 heavy (non-hydrogen) atoms. The number of carboxylic acid groups (broad SMARTS) is 1. The molecular formula is C17H16BrF5N2O3. The summed E-state index contributed by atoms with van der Waals surface area (Å²) in [6.07, 6.45) is -1.49. The molecule has 1 amide bonds. The number of carboxylic acids is 1. The Morgan fingerprint density at radius 2 is 2.07 bits per heavy atom. The average Bonchev–Trinajstić information content (AvgIpc) is 3.08. The van der Waals surface area contributed by atoms with Gasteiger partial charge in [0.25, 0.3) is 5.91 Å². The van der Waals surface area contributed by atoms with Crippen molar-refractivity contribution in [1.82, 2.24) is 4.90 Å². The van der Waals surface area contributed by atoms with Gasteiger partial charge in [-0.05, 0) is 47.8 Å². The molecule has 0 unspecified atom stereocenters. The second-order valence-corrected chi connectivity index (χ2v) is 7.92. The number of hydrogen-bond acceptors (Lipinski definition) is 3. The third-order valence-corrected chi connectivity index (χ3v) is 6.00. The number of alkyl halides is 3. The number of carbonyl (C=O) groups is 2. The van der Waals surface area contributed by atoms with Crippen LogP contribution in [0.2, 0.25) is 0 Å². The number of halogens is 6. The van der Waals surface area contributed by atoms with Crippen molar-refractivity contribution in [1.29, 1.82) is 0 Å². The zero-order valence-corrected chi connectivity index (χ0v) is 16.0. The Bertz CT molecular complexity index is 838. The molecule has 3 rings (SSSR count). The number of benzene rings is 1. The lowest BCUT2D eigenvalue weighted by atomic mass is 9.86. The van der Waals surface area contributed by atoms with Crippen molar-refractivity contribution >= 4 is 33.5 Å². The van der Waals surface area contributed by atoms with Crippen molar-refractivity contribution in [3.63, 3.8) is 0 Å². The number of fused-ring (bicyclic) bond motifs is 1. The summed E-state index contributed by atoms with van der Waals surface area (Å²) in [6.45, 7) is 0.460. The predicted molar refractivity (Wildman–Crippen MR) is 92.3 cm³/mol. The minimum atomic E-state index is -4.02. The van der Waals surface area contributed by atoms with Gasteiger partial charge in [0.2, 0.25) is 0 Å². The summed E-state index contributed by atoms with van der Waals surface area (Å²) < 4.78 is 70.0. The van der Waals surface area contributed by atoms with Crippen molar-refractivity contribution in [2.45, 2.75) is 43.3 Å². The summed E-state index contributed by atoms with van der Waals surface area (Å²) in [5, 5.41) is 10.6. The van der Waals surface area contributed by atoms with Crippen molar-refractivity contribution < 1.29 is 36.6 Å². The SMILES string of the molecule is O=C(O)c1cc(F)c(Br)c(F)c1NC(=O)C(F)(F)C[C@@]12CCCN1C[C@H](F)C2. The van der Waals surface area contributed by atoms with Crippen LogP contribution < -0.4 is 5.32 Å². The molecule has 2 atom stereocenters. The average molecular weight is 471 g/mol. The topological polar surface area (TPSA) is 69.6 Å². The molecule has 2 aliphatic heterocycles. The summed E-state index contributed by atoms with van der Waals surface area (Å²) in [6, 6.07) is 0.408. The van der Waals surface area contributed by atoms with Gasteiger partial charge in [-0.3, -0.25) is 9.69 Å². The maximum absolute atomic E-state index is 14.6. The van der Waals surface area contributed by atoms with E-state index >= 15 is 0 Å². The Morgan fingerprint density at radius 1 is 1.39 bits per heavy atom. The molecule has 154 valence electrons. The zero-order valence-electron chi connectivity index (χ0n) is 14.4. The highest BCUT2D eigenvalue weighted by atomic mass is 79.9. The number of anilines is 1. The molecule has 0 spiro atoms. The van der Waals surface area contributed by atoms with Gasteiger partial charge in [-0.25, -0.2) is 18.0 Å². The highest BCUT2D eigenvalue weighted by Gasteiger charge is 2.56. The van der Waals surface area contributed by atoms with Crippen LogP contribution in [0.25, 0.3) is 0 Å². The van der Waals surface area contributed by atoms with Gasteiger partial charge >= 0.3 is 11.9 Å². The van der Waals surface area contributed by atoms with E-state index in [0.717, 1.165) is 0 Å². The minimum absolute atomic E-state index is 0.0143. The molecule has 0 aromatic heterocycles. The van der Waals surface area contributed by atoms with Crippen LogP contribution in [0.15, 0.2) is 10.5 Å². The number of aromatic carboxylic acids is 1. The smallest absolute Gasteiger partial charge is 0.338 e. The Balaban J connectivity index is 1.87. The lowest BCUT2D eigenvalue weighted by Gasteiger charge is -2.34. The molecule has 1 aromatic carbocycles. The Kier molecular flexibility index (Phi) is 5.43. The van der Waals surface area contributed by atoms with Gasteiger partial charge < -0.3 is 10.4 Å². The molecule has 2 aliphatic rings. The third-order valence-electron chi connectivity index (χ3n) is 5.28. The molecule has 2 saturated heterocycles. The first-order valence-electron chi connectivity index (χ1n) is 8.46. The second-order valence-electron chi connectivity index (χ2n) is 7.12. The lowest BCUT2D eigenvalue weighted by molar-refractivity contribution is -0.144. The molecule has 0 radical (unpaired) electrons. The number of carbonyl (C=O) groups excluding carboxylic acids is 1. The van der Waals surface area contributed by atoms with Crippen molar-refractivity contribution in [3.05, 3.63) is 27.7 Å². The van der Waals surface area contributed by atoms with Gasteiger partial charge in [-0.15, -0.1) is 0 Å². The lowest BCUT2D eigenvalue weighted by Crippen LogP contribution is -2.47. The Morgan fingerprint density at radius 3 is 2.71 bits per heavy atom. The highest BCUT2D eigenvalue weighted by molar-refractivity contribution is 9.10. The van der Waals surface area contributed by atoms with Crippen LogP contribution in [0.3, 0.4) is 0 Å². The first-order valence-corrected chi connectivity index (χ1v) is 9.25. The van der Waals surface area contributed by atoms with Crippen LogP contribution in [0.5, 0.6) is 0 Å². The van der Waals surface area contributed by atoms with Crippen LogP contribution in [0, 0.1) is 11.6 Å². The highest BCUT2D eigenvalue weighted by Crippen LogP contribution is 2.46. The maximum atomic E-state index is 14.6. The quantitative estimate of drug-likeness (QED) is 0.504. The van der Waals surface area contributed by atoms with Gasteiger partial charge in [-0.1, -0.05) is 0 Å². The summed E-state index contributed by atoms with van der Waals surface area (Å²) in [5.41, 5.74) is -3.24. The van der Waals surface area contributed by atoms with E-state index in [1.165, 1.54) is 0 Å². The first kappa shape index (κ1) is 21.0. The van der Waals surface area contributed by atoms with E-state index in [4.69, 9.17) is 5.11 Å². The summed E-state index contributed by atoms with van der Waals surface area (Å²) in [5.74, 6) is -10.5. The van der Waals surface area contributed by atoms with Crippen LogP contribution >= 0.6 is 15.9 Å². The van der Waals surface area contributed by atoms with E-state index in [0.29, 0.717) is 25.5 Å². The molecular weight excluding hydrogens is 455 g/mol. The second kappa shape index (κ2) is 7.25.